The second kappa shape index (κ2) is 12.6. The van der Waals surface area contributed by atoms with Crippen LogP contribution in [0.2, 0.25) is 0 Å². The normalized spacial score (nSPS) is 13.4. The van der Waals surface area contributed by atoms with Crippen molar-refractivity contribution in [2.24, 2.45) is 11.8 Å². The molecule has 0 saturated heterocycles. The molecule has 28 heavy (non-hydrogen) atoms. The van der Waals surface area contributed by atoms with Crippen molar-refractivity contribution in [3.05, 3.63) is 35.4 Å². The number of ether oxygens (including phenoxy) is 2. The molecule has 0 fully saturated rings. The fourth-order valence-electron chi connectivity index (χ4n) is 3.08. The Hall–Kier alpha value is -1.84. The van der Waals surface area contributed by atoms with Crippen LogP contribution in [0.1, 0.15) is 101 Å². The minimum atomic E-state index is -0.461. The maximum atomic E-state index is 12.6. The summed E-state index contributed by atoms with van der Waals surface area (Å²) in [5.74, 6) is 0.357. The van der Waals surface area contributed by atoms with Crippen molar-refractivity contribution in [3.63, 3.8) is 0 Å². The third-order valence-electron chi connectivity index (χ3n) is 4.77. The fraction of sp³-hybridized carbons (Fsp3) is 0.667. The van der Waals surface area contributed by atoms with Crippen LogP contribution >= 0.6 is 0 Å². The van der Waals surface area contributed by atoms with Gasteiger partial charge < -0.3 is 9.47 Å². The molecule has 0 spiro atoms. The van der Waals surface area contributed by atoms with Crippen LogP contribution in [0.15, 0.2) is 24.3 Å². The van der Waals surface area contributed by atoms with Crippen molar-refractivity contribution < 1.29 is 19.1 Å². The minimum absolute atomic E-state index is 0.176. The maximum absolute atomic E-state index is 12.6. The lowest BCUT2D eigenvalue weighted by molar-refractivity contribution is 0.0269. The van der Waals surface area contributed by atoms with Gasteiger partial charge in [-0.05, 0) is 63.5 Å². The number of carbonyl (C=O) groups is 2. The Labute approximate surface area is 171 Å². The van der Waals surface area contributed by atoms with Gasteiger partial charge in [0, 0.05) is 0 Å². The Morgan fingerprint density at radius 1 is 0.679 bits per heavy atom. The van der Waals surface area contributed by atoms with Crippen LogP contribution in [-0.2, 0) is 9.47 Å². The highest BCUT2D eigenvalue weighted by molar-refractivity contribution is 6.03. The number of carbonyl (C=O) groups excluding carboxylic acids is 2. The summed E-state index contributed by atoms with van der Waals surface area (Å²) in [6, 6.07) is 6.73. The molecule has 158 valence electrons. The van der Waals surface area contributed by atoms with Gasteiger partial charge in [0.1, 0.15) is 0 Å². The summed E-state index contributed by atoms with van der Waals surface area (Å²) in [5.41, 5.74) is 0.551. The van der Waals surface area contributed by atoms with E-state index in [9.17, 15) is 9.59 Å². The average Bonchev–Trinajstić information content (AvgIpc) is 2.60. The zero-order valence-electron chi connectivity index (χ0n) is 18.5. The monoisotopic (exact) mass is 390 g/mol. The van der Waals surface area contributed by atoms with Crippen LogP contribution in [0.25, 0.3) is 0 Å². The Balaban J connectivity index is 2.65. The van der Waals surface area contributed by atoms with Gasteiger partial charge in [0.2, 0.25) is 0 Å². The van der Waals surface area contributed by atoms with Gasteiger partial charge in [-0.25, -0.2) is 9.59 Å². The van der Waals surface area contributed by atoms with Crippen LogP contribution in [0, 0.1) is 11.8 Å². The van der Waals surface area contributed by atoms with E-state index in [0.29, 0.717) is 11.8 Å². The Kier molecular flexibility index (Phi) is 10.9. The van der Waals surface area contributed by atoms with E-state index in [0.717, 1.165) is 38.5 Å². The van der Waals surface area contributed by atoms with Crippen LogP contribution < -0.4 is 0 Å². The molecule has 4 heteroatoms. The molecule has 0 aromatic heterocycles. The lowest BCUT2D eigenvalue weighted by Crippen LogP contribution is -2.21. The van der Waals surface area contributed by atoms with Crippen molar-refractivity contribution >= 4 is 11.9 Å². The summed E-state index contributed by atoms with van der Waals surface area (Å²) in [5, 5.41) is 0. The summed E-state index contributed by atoms with van der Waals surface area (Å²) in [6.07, 6.45) is 5.55. The quantitative estimate of drug-likeness (QED) is 0.386. The van der Waals surface area contributed by atoms with E-state index < -0.39 is 11.9 Å². The smallest absolute Gasteiger partial charge is 0.339 e. The third-order valence-corrected chi connectivity index (χ3v) is 4.77. The predicted octanol–water partition coefficient (Wildman–Crippen LogP) is 6.43. The van der Waals surface area contributed by atoms with Crippen molar-refractivity contribution in [3.8, 4) is 0 Å². The second-order valence-corrected chi connectivity index (χ2v) is 8.63. The fourth-order valence-corrected chi connectivity index (χ4v) is 3.08. The Morgan fingerprint density at radius 3 is 1.36 bits per heavy atom. The molecule has 0 saturated carbocycles. The molecule has 1 aromatic rings. The van der Waals surface area contributed by atoms with Crippen molar-refractivity contribution in [1.29, 1.82) is 0 Å². The van der Waals surface area contributed by atoms with E-state index in [2.05, 4.69) is 27.7 Å². The summed E-state index contributed by atoms with van der Waals surface area (Å²) in [4.78, 5) is 25.2. The molecule has 2 unspecified atom stereocenters. The summed E-state index contributed by atoms with van der Waals surface area (Å²) < 4.78 is 11.1. The molecule has 2 atom stereocenters. The average molecular weight is 391 g/mol. The first-order chi connectivity index (χ1) is 13.2. The number of rotatable bonds is 12. The molecule has 0 aliphatic heterocycles. The van der Waals surface area contributed by atoms with Crippen molar-refractivity contribution in [2.75, 3.05) is 0 Å². The summed E-state index contributed by atoms with van der Waals surface area (Å²) >= 11 is 0. The van der Waals surface area contributed by atoms with Crippen molar-refractivity contribution in [1.82, 2.24) is 0 Å². The SMILES string of the molecule is CC(C)CCCC(C)OC(=O)c1ccccc1C(=O)OC(C)CCCC(C)C. The van der Waals surface area contributed by atoms with E-state index in [1.807, 2.05) is 13.8 Å². The standard InChI is InChI=1S/C24H38O4/c1-17(2)11-9-13-19(5)27-23(25)21-15-7-8-16-22(21)24(26)28-20(6)14-10-12-18(3)4/h7-8,15-20H,9-14H2,1-6H3. The minimum Gasteiger partial charge on any atom is -0.459 e. The lowest BCUT2D eigenvalue weighted by atomic mass is 10.0. The highest BCUT2D eigenvalue weighted by atomic mass is 16.5. The third kappa shape index (κ3) is 9.38. The molecule has 1 aromatic carbocycles. The number of hydrogen-bond donors (Lipinski definition) is 0. The molecule has 0 radical (unpaired) electrons. The van der Waals surface area contributed by atoms with Crippen LogP contribution in [-0.4, -0.2) is 24.1 Å². The topological polar surface area (TPSA) is 52.6 Å². The van der Waals surface area contributed by atoms with Crippen molar-refractivity contribution in [2.45, 2.75) is 92.3 Å². The molecular weight excluding hydrogens is 352 g/mol. The zero-order valence-corrected chi connectivity index (χ0v) is 18.5. The Bertz CT molecular complexity index is 553. The lowest BCUT2D eigenvalue weighted by Gasteiger charge is -2.17. The molecule has 0 heterocycles. The Morgan fingerprint density at radius 2 is 1.04 bits per heavy atom. The largest absolute Gasteiger partial charge is 0.459 e. The van der Waals surface area contributed by atoms with Gasteiger partial charge in [-0.3, -0.25) is 0 Å². The van der Waals surface area contributed by atoms with Crippen LogP contribution in [0.5, 0.6) is 0 Å². The van der Waals surface area contributed by atoms with E-state index in [-0.39, 0.29) is 23.3 Å². The predicted molar refractivity (Wildman–Crippen MR) is 114 cm³/mol. The van der Waals surface area contributed by atoms with E-state index >= 15 is 0 Å². The summed E-state index contributed by atoms with van der Waals surface area (Å²) in [7, 11) is 0. The molecule has 0 N–H and O–H groups in total. The maximum Gasteiger partial charge on any atom is 0.339 e. The molecule has 0 aliphatic rings. The summed E-state index contributed by atoms with van der Waals surface area (Å²) in [6.45, 7) is 12.5. The van der Waals surface area contributed by atoms with Gasteiger partial charge in [-0.2, -0.15) is 0 Å². The van der Waals surface area contributed by atoms with Crippen LogP contribution in [0.3, 0.4) is 0 Å². The van der Waals surface area contributed by atoms with Gasteiger partial charge in [-0.15, -0.1) is 0 Å². The van der Waals surface area contributed by atoms with E-state index in [1.54, 1.807) is 24.3 Å². The second-order valence-electron chi connectivity index (χ2n) is 8.63. The van der Waals surface area contributed by atoms with Gasteiger partial charge >= 0.3 is 11.9 Å². The van der Waals surface area contributed by atoms with Gasteiger partial charge in [0.15, 0.2) is 0 Å². The molecular formula is C24H38O4. The highest BCUT2D eigenvalue weighted by Crippen LogP contribution is 2.18. The van der Waals surface area contributed by atoms with E-state index in [1.165, 1.54) is 0 Å². The molecule has 0 amide bonds. The van der Waals surface area contributed by atoms with E-state index in [4.69, 9.17) is 9.47 Å². The molecule has 0 aliphatic carbocycles. The number of esters is 2. The zero-order chi connectivity index (χ0) is 21.1. The first kappa shape index (κ1) is 24.2. The molecule has 1 rings (SSSR count). The first-order valence-electron chi connectivity index (χ1n) is 10.7. The van der Waals surface area contributed by atoms with Crippen LogP contribution in [0.4, 0.5) is 0 Å². The number of benzene rings is 1. The molecule has 4 nitrogen and oxygen atoms in total. The molecule has 0 bridgehead atoms. The highest BCUT2D eigenvalue weighted by Gasteiger charge is 2.22. The van der Waals surface area contributed by atoms with Gasteiger partial charge in [-0.1, -0.05) is 52.7 Å². The van der Waals surface area contributed by atoms with Gasteiger partial charge in [0.25, 0.3) is 0 Å². The number of hydrogen-bond acceptors (Lipinski definition) is 4. The van der Waals surface area contributed by atoms with Gasteiger partial charge in [0.05, 0.1) is 23.3 Å². The first-order valence-corrected chi connectivity index (χ1v) is 10.7.